The molecule has 0 unspecified atom stereocenters. The Hall–Kier alpha value is -4.15. The van der Waals surface area contributed by atoms with Gasteiger partial charge in [0, 0.05) is 16.9 Å². The van der Waals surface area contributed by atoms with Crippen LogP contribution >= 0.6 is 0 Å². The van der Waals surface area contributed by atoms with Crippen molar-refractivity contribution in [2.45, 2.75) is 37.5 Å². The zero-order chi connectivity index (χ0) is 28.4. The second-order valence-corrected chi connectivity index (χ2v) is 12.6. The summed E-state index contributed by atoms with van der Waals surface area (Å²) in [6.45, 7) is 7.29. The predicted octanol–water partition coefficient (Wildman–Crippen LogP) is 5.77. The third-order valence-electron chi connectivity index (χ3n) is 6.31. The van der Waals surface area contributed by atoms with Gasteiger partial charge in [0.2, 0.25) is 0 Å². The minimum atomic E-state index is -3.96. The van der Waals surface area contributed by atoms with E-state index in [0.717, 1.165) is 16.7 Å². The lowest BCUT2D eigenvalue weighted by Crippen LogP contribution is -2.17. The Balaban J connectivity index is 1.51. The van der Waals surface area contributed by atoms with E-state index in [4.69, 9.17) is 0 Å². The van der Waals surface area contributed by atoms with Crippen molar-refractivity contribution in [1.82, 2.24) is 0 Å². The number of aryl methyl sites for hydroxylation is 4. The highest BCUT2D eigenvalue weighted by Crippen LogP contribution is 2.24. The van der Waals surface area contributed by atoms with E-state index < -0.39 is 26.0 Å². The molecule has 8 nitrogen and oxygen atoms in total. The van der Waals surface area contributed by atoms with Gasteiger partial charge in [-0.15, -0.1) is 0 Å². The second kappa shape index (κ2) is 10.9. The second-order valence-electron chi connectivity index (χ2n) is 9.28. The molecule has 0 aliphatic rings. The number of carbonyl (C=O) groups is 1. The highest BCUT2D eigenvalue weighted by molar-refractivity contribution is 7.93. The number of sulfonamides is 2. The van der Waals surface area contributed by atoms with E-state index >= 15 is 0 Å². The highest BCUT2D eigenvalue weighted by atomic mass is 32.2. The molecule has 0 aromatic heterocycles. The molecule has 39 heavy (non-hydrogen) atoms. The molecule has 1 amide bonds. The van der Waals surface area contributed by atoms with Crippen LogP contribution in [0.3, 0.4) is 0 Å². The molecule has 4 aromatic rings. The van der Waals surface area contributed by atoms with Gasteiger partial charge in [0.1, 0.15) is 0 Å². The van der Waals surface area contributed by atoms with E-state index in [-0.39, 0.29) is 15.4 Å². The first-order valence-electron chi connectivity index (χ1n) is 12.1. The van der Waals surface area contributed by atoms with Crippen molar-refractivity contribution in [2.75, 3.05) is 14.8 Å². The molecule has 3 N–H and O–H groups in total. The van der Waals surface area contributed by atoms with Gasteiger partial charge in [-0.2, -0.15) is 0 Å². The van der Waals surface area contributed by atoms with Crippen LogP contribution in [0.15, 0.2) is 94.7 Å². The van der Waals surface area contributed by atoms with Crippen LogP contribution in [0.2, 0.25) is 0 Å². The molecule has 0 atom stereocenters. The third kappa shape index (κ3) is 6.47. The zero-order valence-electron chi connectivity index (χ0n) is 21.9. The first-order valence-corrected chi connectivity index (χ1v) is 15.0. The van der Waals surface area contributed by atoms with Gasteiger partial charge in [-0.3, -0.25) is 14.2 Å². The fourth-order valence-corrected chi connectivity index (χ4v) is 6.31. The summed E-state index contributed by atoms with van der Waals surface area (Å²) in [6.07, 6.45) is 0. The Morgan fingerprint density at radius 2 is 1.23 bits per heavy atom. The number of nitrogens with one attached hydrogen (secondary N) is 3. The number of benzene rings is 4. The van der Waals surface area contributed by atoms with Crippen LogP contribution in [0, 0.1) is 27.7 Å². The summed E-state index contributed by atoms with van der Waals surface area (Å²) in [7, 11) is -7.78. The normalized spacial score (nSPS) is 11.6. The van der Waals surface area contributed by atoms with E-state index in [1.54, 1.807) is 50.2 Å². The topological polar surface area (TPSA) is 121 Å². The predicted molar refractivity (Wildman–Crippen MR) is 154 cm³/mol. The maximum Gasteiger partial charge on any atom is 0.262 e. The lowest BCUT2D eigenvalue weighted by atomic mass is 10.1. The summed E-state index contributed by atoms with van der Waals surface area (Å²) in [5.74, 6) is -0.536. The number of hydrogen-bond donors (Lipinski definition) is 3. The standard InChI is InChI=1S/C29H29N3O5S2/c1-19-10-12-25(17-22(19)4)31-39(36,37)28-18-23(11-9-21(28)3)29(33)30-24-13-15-26(16-14-24)38(34,35)32-27-8-6-5-7-20(27)2/h5-18,31-32H,1-4H3,(H,30,33). The van der Waals surface area contributed by atoms with E-state index in [1.165, 1.54) is 36.4 Å². The lowest BCUT2D eigenvalue weighted by molar-refractivity contribution is 0.102. The zero-order valence-corrected chi connectivity index (χ0v) is 23.6. The summed E-state index contributed by atoms with van der Waals surface area (Å²) in [5, 5.41) is 2.69. The molecule has 0 aliphatic heterocycles. The number of carbonyl (C=O) groups excluding carboxylic acids is 1. The van der Waals surface area contributed by atoms with Crippen LogP contribution in [0.4, 0.5) is 17.1 Å². The molecule has 4 aromatic carbocycles. The van der Waals surface area contributed by atoms with Gasteiger partial charge in [0.05, 0.1) is 15.5 Å². The van der Waals surface area contributed by atoms with Gasteiger partial charge in [-0.05, 0) is 105 Å². The molecule has 0 radical (unpaired) electrons. The fraction of sp³-hybridized carbons (Fsp3) is 0.138. The summed E-state index contributed by atoms with van der Waals surface area (Å²) in [6, 6.07) is 22.4. The van der Waals surface area contributed by atoms with Crippen LogP contribution in [0.25, 0.3) is 0 Å². The lowest BCUT2D eigenvalue weighted by Gasteiger charge is -2.13. The molecule has 0 spiro atoms. The molecule has 0 heterocycles. The van der Waals surface area contributed by atoms with Gasteiger partial charge in [-0.25, -0.2) is 16.8 Å². The summed E-state index contributed by atoms with van der Waals surface area (Å²) >= 11 is 0. The largest absolute Gasteiger partial charge is 0.322 e. The highest BCUT2D eigenvalue weighted by Gasteiger charge is 2.20. The number of anilines is 3. The van der Waals surface area contributed by atoms with E-state index in [0.29, 0.717) is 22.6 Å². The van der Waals surface area contributed by atoms with Gasteiger partial charge in [0.15, 0.2) is 0 Å². The SMILES string of the molecule is Cc1ccc(NS(=O)(=O)c2cc(C(=O)Nc3ccc(S(=O)(=O)Nc4ccccc4C)cc3)ccc2C)cc1C. The summed E-state index contributed by atoms with van der Waals surface area (Å²) in [5.41, 5.74) is 4.66. The van der Waals surface area contributed by atoms with Crippen molar-refractivity contribution >= 4 is 43.0 Å². The molecule has 0 saturated heterocycles. The number of rotatable bonds is 8. The Kier molecular flexibility index (Phi) is 7.80. The van der Waals surface area contributed by atoms with Gasteiger partial charge < -0.3 is 5.32 Å². The Labute approximate surface area is 229 Å². The third-order valence-corrected chi connectivity index (χ3v) is 9.22. The average molecular weight is 564 g/mol. The van der Waals surface area contributed by atoms with Crippen LogP contribution in [-0.4, -0.2) is 22.7 Å². The molecular formula is C29H29N3O5S2. The van der Waals surface area contributed by atoms with Crippen LogP contribution in [-0.2, 0) is 20.0 Å². The van der Waals surface area contributed by atoms with Crippen molar-refractivity contribution in [3.63, 3.8) is 0 Å². The minimum Gasteiger partial charge on any atom is -0.322 e. The first kappa shape index (κ1) is 27.9. The molecule has 0 aliphatic carbocycles. The minimum absolute atomic E-state index is 0.0166. The van der Waals surface area contributed by atoms with Gasteiger partial charge in [-0.1, -0.05) is 30.3 Å². The molecular weight excluding hydrogens is 534 g/mol. The van der Waals surface area contributed by atoms with Crippen molar-refractivity contribution in [2.24, 2.45) is 0 Å². The van der Waals surface area contributed by atoms with Crippen molar-refractivity contribution in [3.8, 4) is 0 Å². The van der Waals surface area contributed by atoms with E-state index in [2.05, 4.69) is 14.8 Å². The maximum absolute atomic E-state index is 13.1. The smallest absolute Gasteiger partial charge is 0.262 e. The van der Waals surface area contributed by atoms with E-state index in [1.807, 2.05) is 26.0 Å². The molecule has 0 bridgehead atoms. The van der Waals surface area contributed by atoms with Crippen molar-refractivity contribution in [3.05, 3.63) is 113 Å². The Morgan fingerprint density at radius 1 is 0.590 bits per heavy atom. The molecule has 202 valence electrons. The molecule has 4 rings (SSSR count). The van der Waals surface area contributed by atoms with Crippen molar-refractivity contribution < 1.29 is 21.6 Å². The number of amides is 1. The van der Waals surface area contributed by atoms with Crippen LogP contribution in [0.5, 0.6) is 0 Å². The summed E-state index contributed by atoms with van der Waals surface area (Å²) < 4.78 is 57.0. The fourth-order valence-electron chi connectivity index (χ4n) is 3.86. The Bertz CT molecular complexity index is 1770. The number of hydrogen-bond acceptors (Lipinski definition) is 5. The van der Waals surface area contributed by atoms with Gasteiger partial charge >= 0.3 is 0 Å². The van der Waals surface area contributed by atoms with Crippen LogP contribution in [0.1, 0.15) is 32.6 Å². The molecule has 10 heteroatoms. The quantitative estimate of drug-likeness (QED) is 0.251. The van der Waals surface area contributed by atoms with Crippen molar-refractivity contribution in [1.29, 1.82) is 0 Å². The molecule has 0 fully saturated rings. The number of para-hydroxylation sites is 1. The molecule has 0 saturated carbocycles. The average Bonchev–Trinajstić information content (AvgIpc) is 2.88. The Morgan fingerprint density at radius 3 is 1.90 bits per heavy atom. The van der Waals surface area contributed by atoms with E-state index in [9.17, 15) is 21.6 Å². The van der Waals surface area contributed by atoms with Gasteiger partial charge in [0.25, 0.3) is 26.0 Å². The summed E-state index contributed by atoms with van der Waals surface area (Å²) in [4.78, 5) is 13.0. The maximum atomic E-state index is 13.1. The van der Waals surface area contributed by atoms with Crippen LogP contribution < -0.4 is 14.8 Å². The first-order chi connectivity index (χ1) is 18.4. The monoisotopic (exact) mass is 563 g/mol.